The molecule has 1 saturated carbocycles. The first-order chi connectivity index (χ1) is 12.2. The van der Waals surface area contributed by atoms with E-state index in [2.05, 4.69) is 40.8 Å². The fourth-order valence-corrected chi connectivity index (χ4v) is 4.86. The quantitative estimate of drug-likeness (QED) is 0.609. The van der Waals surface area contributed by atoms with Gasteiger partial charge in [-0.05, 0) is 45.1 Å². The molecular weight excluding hydrogens is 310 g/mol. The molecule has 3 unspecified atom stereocenters. The van der Waals surface area contributed by atoms with Crippen LogP contribution in [0.5, 0.6) is 0 Å². The van der Waals surface area contributed by atoms with Crippen molar-refractivity contribution >= 4 is 5.96 Å². The number of guanidine groups is 1. The van der Waals surface area contributed by atoms with Crippen molar-refractivity contribution in [3.63, 3.8) is 0 Å². The summed E-state index contributed by atoms with van der Waals surface area (Å²) in [6, 6.07) is 0.539. The summed E-state index contributed by atoms with van der Waals surface area (Å²) in [6.45, 7) is 17.1. The summed E-state index contributed by atoms with van der Waals surface area (Å²) in [7, 11) is 0. The molecule has 3 aliphatic rings. The van der Waals surface area contributed by atoms with E-state index in [1.54, 1.807) is 0 Å². The van der Waals surface area contributed by atoms with Crippen LogP contribution >= 0.6 is 0 Å². The maximum atomic E-state index is 5.04. The number of nitrogens with one attached hydrogen (secondary N) is 1. The Morgan fingerprint density at radius 3 is 2.24 bits per heavy atom. The molecule has 0 radical (unpaired) electrons. The number of likely N-dealkylation sites (tertiary alicyclic amines) is 1. The Bertz CT molecular complexity index is 416. The summed E-state index contributed by atoms with van der Waals surface area (Å²) in [5, 5.41) is 3.56. The van der Waals surface area contributed by atoms with Crippen LogP contribution in [0.3, 0.4) is 0 Å². The van der Waals surface area contributed by atoms with Gasteiger partial charge in [0.05, 0.1) is 6.54 Å². The maximum Gasteiger partial charge on any atom is 0.193 e. The Hall–Kier alpha value is -0.810. The van der Waals surface area contributed by atoms with Gasteiger partial charge in [-0.2, -0.15) is 0 Å². The number of hydrogen-bond acceptors (Lipinski definition) is 3. The number of hydrogen-bond donors (Lipinski definition) is 1. The Labute approximate surface area is 154 Å². The molecule has 3 fully saturated rings. The van der Waals surface area contributed by atoms with Crippen LogP contribution in [0.2, 0.25) is 0 Å². The summed E-state index contributed by atoms with van der Waals surface area (Å²) in [4.78, 5) is 12.7. The largest absolute Gasteiger partial charge is 0.357 e. The molecular formula is C20H39N5. The third-order valence-corrected chi connectivity index (χ3v) is 6.59. The topological polar surface area (TPSA) is 34.1 Å². The van der Waals surface area contributed by atoms with Gasteiger partial charge in [-0.25, -0.2) is 0 Å². The zero-order chi connectivity index (χ0) is 17.6. The Balaban J connectivity index is 1.53. The molecule has 3 atom stereocenters. The number of rotatable bonds is 5. The monoisotopic (exact) mass is 349 g/mol. The van der Waals surface area contributed by atoms with Gasteiger partial charge in [0.2, 0.25) is 0 Å². The molecule has 2 aliphatic heterocycles. The maximum absolute atomic E-state index is 5.04. The number of aliphatic imine (C=N–C) groups is 1. The van der Waals surface area contributed by atoms with Gasteiger partial charge >= 0.3 is 0 Å². The predicted molar refractivity (Wildman–Crippen MR) is 106 cm³/mol. The van der Waals surface area contributed by atoms with Crippen LogP contribution in [-0.4, -0.2) is 85.6 Å². The van der Waals surface area contributed by atoms with Gasteiger partial charge in [-0.1, -0.05) is 19.8 Å². The predicted octanol–water partition coefficient (Wildman–Crippen LogP) is 2.10. The van der Waals surface area contributed by atoms with Gasteiger partial charge in [0.25, 0.3) is 0 Å². The van der Waals surface area contributed by atoms with Gasteiger partial charge in [-0.3, -0.25) is 9.89 Å². The molecule has 2 heterocycles. The van der Waals surface area contributed by atoms with E-state index in [1.165, 1.54) is 71.5 Å². The van der Waals surface area contributed by atoms with Crippen molar-refractivity contribution in [3.8, 4) is 0 Å². The van der Waals surface area contributed by atoms with Gasteiger partial charge in [0, 0.05) is 51.9 Å². The van der Waals surface area contributed by atoms with Crippen molar-refractivity contribution in [2.75, 3.05) is 58.9 Å². The molecule has 2 saturated heterocycles. The molecule has 0 bridgehead atoms. The lowest BCUT2D eigenvalue weighted by atomic mass is 9.82. The van der Waals surface area contributed by atoms with Gasteiger partial charge in [0.1, 0.15) is 0 Å². The number of likely N-dealkylation sites (N-methyl/N-ethyl adjacent to an activating group) is 1. The normalized spacial score (nSPS) is 30.4. The lowest BCUT2D eigenvalue weighted by Crippen LogP contribution is -2.50. The molecule has 0 aromatic carbocycles. The van der Waals surface area contributed by atoms with Crippen LogP contribution in [0.4, 0.5) is 0 Å². The molecule has 1 aliphatic carbocycles. The minimum atomic E-state index is 0.539. The average molecular weight is 350 g/mol. The third-order valence-electron chi connectivity index (χ3n) is 6.59. The van der Waals surface area contributed by atoms with Crippen molar-refractivity contribution in [1.82, 2.24) is 20.0 Å². The van der Waals surface area contributed by atoms with E-state index in [9.17, 15) is 0 Å². The number of fused-ring (bicyclic) bond motifs is 1. The average Bonchev–Trinajstić information content (AvgIpc) is 3.09. The van der Waals surface area contributed by atoms with Crippen LogP contribution in [0.25, 0.3) is 0 Å². The molecule has 144 valence electrons. The molecule has 0 aromatic rings. The minimum absolute atomic E-state index is 0.539. The van der Waals surface area contributed by atoms with Crippen molar-refractivity contribution in [2.24, 2.45) is 16.8 Å². The lowest BCUT2D eigenvalue weighted by Gasteiger charge is -2.37. The smallest absolute Gasteiger partial charge is 0.193 e. The SMILES string of the molecule is CCNC(=NCC(C)N1CCN(CC)CC1)N1CC2CCCCC2C1. The highest BCUT2D eigenvalue weighted by molar-refractivity contribution is 5.80. The number of nitrogens with zero attached hydrogens (tertiary/aromatic N) is 4. The molecule has 1 N–H and O–H groups in total. The van der Waals surface area contributed by atoms with E-state index in [0.717, 1.165) is 30.9 Å². The second-order valence-electron chi connectivity index (χ2n) is 8.22. The lowest BCUT2D eigenvalue weighted by molar-refractivity contribution is 0.109. The summed E-state index contributed by atoms with van der Waals surface area (Å²) >= 11 is 0. The van der Waals surface area contributed by atoms with E-state index in [-0.39, 0.29) is 0 Å². The molecule has 5 nitrogen and oxygen atoms in total. The van der Waals surface area contributed by atoms with Gasteiger partial charge < -0.3 is 15.1 Å². The van der Waals surface area contributed by atoms with Crippen LogP contribution in [-0.2, 0) is 0 Å². The van der Waals surface area contributed by atoms with Crippen molar-refractivity contribution in [1.29, 1.82) is 0 Å². The number of piperazine rings is 1. The van der Waals surface area contributed by atoms with Gasteiger partial charge in [0.15, 0.2) is 5.96 Å². The first-order valence-corrected chi connectivity index (χ1v) is 10.7. The standard InChI is InChI=1S/C20H39N5/c1-4-21-20(25-15-18-8-6-7-9-19(18)16-25)22-14-17(3)24-12-10-23(5-2)11-13-24/h17-19H,4-16H2,1-3H3,(H,21,22). The van der Waals surface area contributed by atoms with E-state index < -0.39 is 0 Å². The highest BCUT2D eigenvalue weighted by atomic mass is 15.3. The summed E-state index contributed by atoms with van der Waals surface area (Å²) < 4.78 is 0. The van der Waals surface area contributed by atoms with E-state index in [1.807, 2.05) is 0 Å². The van der Waals surface area contributed by atoms with Crippen LogP contribution in [0.15, 0.2) is 4.99 Å². The van der Waals surface area contributed by atoms with Crippen molar-refractivity contribution in [3.05, 3.63) is 0 Å². The molecule has 0 spiro atoms. The molecule has 3 rings (SSSR count). The summed E-state index contributed by atoms with van der Waals surface area (Å²) in [5.41, 5.74) is 0. The van der Waals surface area contributed by atoms with Crippen molar-refractivity contribution < 1.29 is 0 Å². The summed E-state index contributed by atoms with van der Waals surface area (Å²) in [6.07, 6.45) is 5.73. The Morgan fingerprint density at radius 2 is 1.68 bits per heavy atom. The molecule has 5 heteroatoms. The van der Waals surface area contributed by atoms with E-state index in [0.29, 0.717) is 6.04 Å². The molecule has 0 aromatic heterocycles. The zero-order valence-electron chi connectivity index (χ0n) is 16.7. The third kappa shape index (κ3) is 4.88. The molecule has 25 heavy (non-hydrogen) atoms. The van der Waals surface area contributed by atoms with E-state index >= 15 is 0 Å². The fourth-order valence-electron chi connectivity index (χ4n) is 4.86. The van der Waals surface area contributed by atoms with Crippen molar-refractivity contribution in [2.45, 2.75) is 52.5 Å². The first kappa shape index (κ1) is 19.0. The minimum Gasteiger partial charge on any atom is -0.357 e. The zero-order valence-corrected chi connectivity index (χ0v) is 16.7. The summed E-state index contributed by atoms with van der Waals surface area (Å²) in [5.74, 6) is 2.99. The van der Waals surface area contributed by atoms with Gasteiger partial charge in [-0.15, -0.1) is 0 Å². The van der Waals surface area contributed by atoms with Crippen LogP contribution in [0, 0.1) is 11.8 Å². The highest BCUT2D eigenvalue weighted by Gasteiger charge is 2.35. The van der Waals surface area contributed by atoms with E-state index in [4.69, 9.17) is 4.99 Å². The fraction of sp³-hybridized carbons (Fsp3) is 0.950. The first-order valence-electron chi connectivity index (χ1n) is 10.7. The second-order valence-corrected chi connectivity index (χ2v) is 8.22. The molecule has 0 amide bonds. The highest BCUT2D eigenvalue weighted by Crippen LogP contribution is 2.35. The Morgan fingerprint density at radius 1 is 1.04 bits per heavy atom. The van der Waals surface area contributed by atoms with Crippen LogP contribution < -0.4 is 5.32 Å². The second kappa shape index (κ2) is 9.22. The van der Waals surface area contributed by atoms with Crippen LogP contribution in [0.1, 0.15) is 46.5 Å². The Kier molecular flexibility index (Phi) is 7.00.